The van der Waals surface area contributed by atoms with Crippen molar-refractivity contribution in [2.24, 2.45) is 0 Å². The third-order valence-electron chi connectivity index (χ3n) is 4.51. The molecule has 3 aromatic rings. The number of benzene rings is 3. The first-order valence-electron chi connectivity index (χ1n) is 9.32. The first-order valence-corrected chi connectivity index (χ1v) is 11.9. The molecule has 0 spiro atoms. The van der Waals surface area contributed by atoms with Gasteiger partial charge in [0.15, 0.2) is 5.75 Å². The van der Waals surface area contributed by atoms with Crippen LogP contribution in [0.1, 0.15) is 12.5 Å². The average Bonchev–Trinajstić information content (AvgIpc) is 3.06. The van der Waals surface area contributed by atoms with Gasteiger partial charge in [-0.2, -0.15) is 8.42 Å². The summed E-state index contributed by atoms with van der Waals surface area (Å²) < 4.78 is 31.7. The second-order valence-corrected chi connectivity index (χ2v) is 10.1. The molecule has 0 aliphatic carbocycles. The normalized spacial score (nSPS) is 15.1. The lowest BCUT2D eigenvalue weighted by Gasteiger charge is -2.13. The number of hydrogen-bond acceptors (Lipinski definition) is 7. The second kappa shape index (κ2) is 8.73. The summed E-state index contributed by atoms with van der Waals surface area (Å²) in [5, 5.41) is 6.70. The van der Waals surface area contributed by atoms with E-state index in [0.717, 1.165) is 22.5 Å². The zero-order valence-electron chi connectivity index (χ0n) is 16.6. The molecule has 0 aromatic heterocycles. The topological polar surface area (TPSA) is 102 Å². The Morgan fingerprint density at radius 1 is 1.09 bits per heavy atom. The Labute approximate surface area is 194 Å². The Hall–Kier alpha value is -3.21. The lowest BCUT2D eigenvalue weighted by atomic mass is 10.0. The van der Waals surface area contributed by atoms with E-state index < -0.39 is 10.1 Å². The number of fused-ring (bicyclic) bond motifs is 1. The number of carbonyl (C=O) groups excluding carboxylic acids is 2. The highest BCUT2D eigenvalue weighted by Gasteiger charge is 2.24. The maximum Gasteiger partial charge on any atom is 0.339 e. The molecule has 3 aromatic carbocycles. The van der Waals surface area contributed by atoms with Crippen molar-refractivity contribution in [3.05, 3.63) is 71.1 Å². The molecule has 1 aliphatic rings. The highest BCUT2D eigenvalue weighted by atomic mass is 32.2. The Morgan fingerprint density at radius 2 is 1.81 bits per heavy atom. The largest absolute Gasteiger partial charge is 0.378 e. The third-order valence-corrected chi connectivity index (χ3v) is 6.92. The molecular formula is C22H16N2O5S3. The summed E-state index contributed by atoms with van der Waals surface area (Å²) in [6.45, 7) is 1.36. The zero-order chi connectivity index (χ0) is 22.9. The van der Waals surface area contributed by atoms with Gasteiger partial charge in [-0.25, -0.2) is 0 Å². The Morgan fingerprint density at radius 3 is 2.47 bits per heavy atom. The van der Waals surface area contributed by atoms with Gasteiger partial charge in [-0.15, -0.1) is 0 Å². The molecule has 10 heteroatoms. The fraction of sp³-hybridized carbons (Fsp3) is 0.0455. The molecule has 2 amide bonds. The molecule has 0 unspecified atom stereocenters. The molecule has 2 N–H and O–H groups in total. The first kappa shape index (κ1) is 22.0. The summed E-state index contributed by atoms with van der Waals surface area (Å²) >= 11 is 6.14. The van der Waals surface area contributed by atoms with Gasteiger partial charge in [0.1, 0.15) is 9.22 Å². The van der Waals surface area contributed by atoms with E-state index in [1.807, 2.05) is 24.3 Å². The van der Waals surface area contributed by atoms with E-state index in [9.17, 15) is 18.0 Å². The van der Waals surface area contributed by atoms with Gasteiger partial charge >= 0.3 is 10.1 Å². The minimum atomic E-state index is -4.18. The fourth-order valence-corrected chi connectivity index (χ4v) is 5.10. The molecule has 1 aliphatic heterocycles. The number of rotatable bonds is 5. The van der Waals surface area contributed by atoms with E-state index in [4.69, 9.17) is 16.4 Å². The van der Waals surface area contributed by atoms with Crippen LogP contribution in [0, 0.1) is 0 Å². The second-order valence-electron chi connectivity index (χ2n) is 6.79. The lowest BCUT2D eigenvalue weighted by molar-refractivity contribution is -0.115. The maximum atomic E-state index is 12.9. The number of hydrogen-bond donors (Lipinski definition) is 2. The van der Waals surface area contributed by atoms with E-state index in [0.29, 0.717) is 20.5 Å². The van der Waals surface area contributed by atoms with Gasteiger partial charge < -0.3 is 14.8 Å². The number of thioether (sulfide) groups is 1. The number of thiocarbonyl (C=S) groups is 1. The number of amides is 2. The van der Waals surface area contributed by atoms with Crippen LogP contribution in [0.4, 0.5) is 5.69 Å². The number of carbonyl (C=O) groups is 2. The minimum Gasteiger partial charge on any atom is -0.378 e. The quantitative estimate of drug-likeness (QED) is 0.320. The molecular weight excluding hydrogens is 468 g/mol. The predicted octanol–water partition coefficient (Wildman–Crippen LogP) is 4.05. The molecule has 7 nitrogen and oxygen atoms in total. The van der Waals surface area contributed by atoms with Crippen LogP contribution in [0.5, 0.6) is 5.75 Å². The van der Waals surface area contributed by atoms with Crippen LogP contribution in [0.15, 0.2) is 70.5 Å². The molecule has 1 fully saturated rings. The van der Waals surface area contributed by atoms with Gasteiger partial charge in [0.05, 0.1) is 4.91 Å². The first-order chi connectivity index (χ1) is 15.2. The molecule has 32 heavy (non-hydrogen) atoms. The van der Waals surface area contributed by atoms with Crippen molar-refractivity contribution in [3.63, 3.8) is 0 Å². The highest BCUT2D eigenvalue weighted by molar-refractivity contribution is 8.26. The van der Waals surface area contributed by atoms with Gasteiger partial charge in [-0.3, -0.25) is 9.59 Å². The summed E-state index contributed by atoms with van der Waals surface area (Å²) in [4.78, 5) is 23.6. The summed E-state index contributed by atoms with van der Waals surface area (Å²) in [7, 11) is -4.18. The maximum absolute atomic E-state index is 12.9. The summed E-state index contributed by atoms with van der Waals surface area (Å²) in [5.41, 5.74) is 0.914. The molecule has 4 rings (SSSR count). The number of anilines is 1. The van der Waals surface area contributed by atoms with E-state index in [-0.39, 0.29) is 22.5 Å². The van der Waals surface area contributed by atoms with Crippen LogP contribution in [0.3, 0.4) is 0 Å². The summed E-state index contributed by atoms with van der Waals surface area (Å²) in [5.74, 6) is -0.539. The van der Waals surface area contributed by atoms with E-state index >= 15 is 0 Å². The summed E-state index contributed by atoms with van der Waals surface area (Å²) in [6, 6.07) is 16.3. The highest BCUT2D eigenvalue weighted by Crippen LogP contribution is 2.35. The van der Waals surface area contributed by atoms with E-state index in [1.54, 1.807) is 18.2 Å². The van der Waals surface area contributed by atoms with Crippen LogP contribution in [0.2, 0.25) is 0 Å². The standard InChI is InChI=1S/C22H16N2O5S3/c1-13(25)23-15-7-9-16(10-8-15)32(27,28)29-19-11-6-14-4-2-3-5-17(14)18(19)12-20-21(26)24-22(30)31-20/h2-12H,1H3,(H,23,25)(H,24,26,30)/b20-12-. The van der Waals surface area contributed by atoms with E-state index in [2.05, 4.69) is 10.6 Å². The molecule has 0 atom stereocenters. The monoisotopic (exact) mass is 484 g/mol. The Bertz CT molecular complexity index is 1400. The van der Waals surface area contributed by atoms with Gasteiger partial charge in [0, 0.05) is 18.2 Å². The van der Waals surface area contributed by atoms with Gasteiger partial charge in [0.2, 0.25) is 5.91 Å². The van der Waals surface area contributed by atoms with Crippen molar-refractivity contribution in [1.82, 2.24) is 5.32 Å². The third kappa shape index (κ3) is 4.67. The molecule has 0 saturated carbocycles. The predicted molar refractivity (Wildman–Crippen MR) is 129 cm³/mol. The van der Waals surface area contributed by atoms with Crippen LogP contribution in [-0.2, 0) is 19.7 Å². The van der Waals surface area contributed by atoms with Gasteiger partial charge in [-0.05, 0) is 47.2 Å². The van der Waals surface area contributed by atoms with E-state index in [1.165, 1.54) is 31.2 Å². The Kier molecular flexibility index (Phi) is 6.00. The average molecular weight is 485 g/mol. The van der Waals surface area contributed by atoms with Crippen LogP contribution < -0.4 is 14.8 Å². The lowest BCUT2D eigenvalue weighted by Crippen LogP contribution is -2.17. The van der Waals surface area contributed by atoms with Crippen LogP contribution in [-0.4, -0.2) is 24.6 Å². The van der Waals surface area contributed by atoms with Crippen LogP contribution in [0.25, 0.3) is 16.8 Å². The molecule has 1 heterocycles. The minimum absolute atomic E-state index is 0.0764. The van der Waals surface area contributed by atoms with Crippen LogP contribution >= 0.6 is 24.0 Å². The van der Waals surface area contributed by atoms with Gasteiger partial charge in [-0.1, -0.05) is 54.3 Å². The molecule has 0 radical (unpaired) electrons. The van der Waals surface area contributed by atoms with Crippen molar-refractivity contribution in [2.75, 3.05) is 5.32 Å². The van der Waals surface area contributed by atoms with Gasteiger partial charge in [0.25, 0.3) is 5.91 Å². The van der Waals surface area contributed by atoms with Crippen molar-refractivity contribution in [1.29, 1.82) is 0 Å². The number of nitrogens with one attached hydrogen (secondary N) is 2. The molecule has 0 bridgehead atoms. The smallest absolute Gasteiger partial charge is 0.339 e. The van der Waals surface area contributed by atoms with Crippen molar-refractivity contribution < 1.29 is 22.2 Å². The molecule has 1 saturated heterocycles. The van der Waals surface area contributed by atoms with Crippen molar-refractivity contribution in [2.45, 2.75) is 11.8 Å². The molecule has 162 valence electrons. The zero-order valence-corrected chi connectivity index (χ0v) is 19.1. The SMILES string of the molecule is CC(=O)Nc1ccc(S(=O)(=O)Oc2ccc3ccccc3c2/C=C2\SC(=S)NC2=O)cc1. The van der Waals surface area contributed by atoms with Crippen molar-refractivity contribution in [3.8, 4) is 5.75 Å². The summed E-state index contributed by atoms with van der Waals surface area (Å²) in [6.07, 6.45) is 1.58. The fourth-order valence-electron chi connectivity index (χ4n) is 3.12. The van der Waals surface area contributed by atoms with Crippen molar-refractivity contribution >= 4 is 72.8 Å². The Balaban J connectivity index is 1.76.